The molecule has 0 saturated carbocycles. The molecule has 0 aliphatic rings. The standard InChI is InChI=1S/C12H16ClF2N/c1-2-5-12(15,8-16)7-9-3-4-10(13)11(14)6-9/h3-4,6H,2,5,7-8,16H2,1H3. The molecule has 0 aliphatic heterocycles. The summed E-state index contributed by atoms with van der Waals surface area (Å²) in [7, 11) is 0. The molecule has 0 aromatic heterocycles. The monoisotopic (exact) mass is 247 g/mol. The number of benzene rings is 1. The van der Waals surface area contributed by atoms with Crippen molar-refractivity contribution in [1.29, 1.82) is 0 Å². The molecule has 0 fully saturated rings. The Balaban J connectivity index is 2.81. The Morgan fingerprint density at radius 3 is 2.62 bits per heavy atom. The first-order valence-corrected chi connectivity index (χ1v) is 5.71. The predicted molar refractivity (Wildman–Crippen MR) is 62.9 cm³/mol. The van der Waals surface area contributed by atoms with Crippen molar-refractivity contribution in [3.63, 3.8) is 0 Å². The van der Waals surface area contributed by atoms with Crippen LogP contribution >= 0.6 is 11.6 Å². The third-order valence-electron chi connectivity index (χ3n) is 2.57. The van der Waals surface area contributed by atoms with E-state index >= 15 is 0 Å². The summed E-state index contributed by atoms with van der Waals surface area (Å²) < 4.78 is 27.3. The fourth-order valence-corrected chi connectivity index (χ4v) is 1.84. The highest BCUT2D eigenvalue weighted by molar-refractivity contribution is 6.30. The van der Waals surface area contributed by atoms with E-state index in [0.29, 0.717) is 18.4 Å². The van der Waals surface area contributed by atoms with Gasteiger partial charge in [0.2, 0.25) is 0 Å². The quantitative estimate of drug-likeness (QED) is 0.847. The number of hydrogen-bond donors (Lipinski definition) is 1. The zero-order chi connectivity index (χ0) is 12.2. The van der Waals surface area contributed by atoms with Crippen LogP contribution < -0.4 is 5.73 Å². The zero-order valence-electron chi connectivity index (χ0n) is 9.27. The average molecular weight is 248 g/mol. The number of halogens is 3. The molecule has 1 atom stereocenters. The Kier molecular flexibility index (Phi) is 4.69. The first kappa shape index (κ1) is 13.4. The fraction of sp³-hybridized carbons (Fsp3) is 0.500. The van der Waals surface area contributed by atoms with Crippen LogP contribution in [0.4, 0.5) is 8.78 Å². The van der Waals surface area contributed by atoms with Crippen LogP contribution in [0, 0.1) is 5.82 Å². The summed E-state index contributed by atoms with van der Waals surface area (Å²) in [5, 5.41) is 0.0523. The molecule has 0 spiro atoms. The maximum absolute atomic E-state index is 14.2. The lowest BCUT2D eigenvalue weighted by Crippen LogP contribution is -2.35. The van der Waals surface area contributed by atoms with E-state index in [4.69, 9.17) is 17.3 Å². The van der Waals surface area contributed by atoms with Crippen molar-refractivity contribution in [2.45, 2.75) is 31.9 Å². The van der Waals surface area contributed by atoms with Gasteiger partial charge in [0, 0.05) is 13.0 Å². The van der Waals surface area contributed by atoms with E-state index in [-0.39, 0.29) is 18.0 Å². The Labute approximate surface area is 99.6 Å². The lowest BCUT2D eigenvalue weighted by atomic mass is 9.92. The molecule has 1 unspecified atom stereocenters. The van der Waals surface area contributed by atoms with Gasteiger partial charge >= 0.3 is 0 Å². The summed E-state index contributed by atoms with van der Waals surface area (Å²) in [4.78, 5) is 0. The van der Waals surface area contributed by atoms with E-state index in [1.54, 1.807) is 6.07 Å². The van der Waals surface area contributed by atoms with Crippen molar-refractivity contribution in [1.82, 2.24) is 0 Å². The van der Waals surface area contributed by atoms with E-state index in [1.807, 2.05) is 6.92 Å². The van der Waals surface area contributed by atoms with E-state index in [0.717, 1.165) is 0 Å². The largest absolute Gasteiger partial charge is 0.328 e. The van der Waals surface area contributed by atoms with Gasteiger partial charge in [0.15, 0.2) is 0 Å². The van der Waals surface area contributed by atoms with Crippen LogP contribution in [0.25, 0.3) is 0 Å². The van der Waals surface area contributed by atoms with Crippen molar-refractivity contribution in [2.24, 2.45) is 5.73 Å². The highest BCUT2D eigenvalue weighted by atomic mass is 35.5. The van der Waals surface area contributed by atoms with Crippen molar-refractivity contribution in [3.05, 3.63) is 34.6 Å². The van der Waals surface area contributed by atoms with Gasteiger partial charge in [-0.2, -0.15) is 0 Å². The van der Waals surface area contributed by atoms with Gasteiger partial charge in [-0.25, -0.2) is 8.78 Å². The highest BCUT2D eigenvalue weighted by Gasteiger charge is 2.27. The predicted octanol–water partition coefficient (Wildman–Crippen LogP) is 3.49. The van der Waals surface area contributed by atoms with Gasteiger partial charge in [0.05, 0.1) is 5.02 Å². The maximum atomic E-state index is 14.2. The normalized spacial score (nSPS) is 14.8. The minimum atomic E-state index is -1.45. The average Bonchev–Trinajstić information content (AvgIpc) is 2.24. The van der Waals surface area contributed by atoms with Crippen LogP contribution in [-0.4, -0.2) is 12.2 Å². The van der Waals surface area contributed by atoms with Gasteiger partial charge in [-0.05, 0) is 24.1 Å². The summed E-state index contributed by atoms with van der Waals surface area (Å²) in [5.74, 6) is -0.518. The van der Waals surface area contributed by atoms with Crippen LogP contribution in [0.2, 0.25) is 5.02 Å². The Hall–Kier alpha value is -0.670. The summed E-state index contributed by atoms with van der Waals surface area (Å²) in [6, 6.07) is 4.34. The lowest BCUT2D eigenvalue weighted by molar-refractivity contribution is 0.158. The Morgan fingerprint density at radius 2 is 2.12 bits per heavy atom. The van der Waals surface area contributed by atoms with Crippen LogP contribution in [-0.2, 0) is 6.42 Å². The molecule has 90 valence electrons. The topological polar surface area (TPSA) is 26.0 Å². The van der Waals surface area contributed by atoms with Crippen molar-refractivity contribution in [2.75, 3.05) is 6.54 Å². The van der Waals surface area contributed by atoms with E-state index < -0.39 is 11.5 Å². The summed E-state index contributed by atoms with van der Waals surface area (Å²) in [6.07, 6.45) is 1.23. The van der Waals surface area contributed by atoms with E-state index in [2.05, 4.69) is 0 Å². The second-order valence-electron chi connectivity index (χ2n) is 4.03. The molecular weight excluding hydrogens is 232 g/mol. The van der Waals surface area contributed by atoms with Gasteiger partial charge in [-0.15, -0.1) is 0 Å². The van der Waals surface area contributed by atoms with Gasteiger partial charge in [-0.1, -0.05) is 31.0 Å². The first-order valence-electron chi connectivity index (χ1n) is 5.33. The molecule has 2 N–H and O–H groups in total. The molecule has 0 saturated heterocycles. The molecular formula is C12H16ClF2N. The molecule has 0 aliphatic carbocycles. The van der Waals surface area contributed by atoms with Gasteiger partial charge < -0.3 is 5.73 Å². The number of hydrogen-bond acceptors (Lipinski definition) is 1. The van der Waals surface area contributed by atoms with Crippen LogP contribution in [0.3, 0.4) is 0 Å². The van der Waals surface area contributed by atoms with Gasteiger partial charge in [-0.3, -0.25) is 0 Å². The second kappa shape index (κ2) is 5.60. The van der Waals surface area contributed by atoms with Crippen LogP contribution in [0.1, 0.15) is 25.3 Å². The van der Waals surface area contributed by atoms with Crippen molar-refractivity contribution < 1.29 is 8.78 Å². The molecule has 16 heavy (non-hydrogen) atoms. The Bertz CT molecular complexity index is 357. The summed E-state index contributed by atoms with van der Waals surface area (Å²) in [6.45, 7) is 1.84. The molecule has 0 amide bonds. The molecule has 0 heterocycles. The fourth-order valence-electron chi connectivity index (χ4n) is 1.73. The smallest absolute Gasteiger partial charge is 0.142 e. The molecule has 0 bridgehead atoms. The molecule has 0 radical (unpaired) electrons. The second-order valence-corrected chi connectivity index (χ2v) is 4.44. The zero-order valence-corrected chi connectivity index (χ0v) is 10.0. The van der Waals surface area contributed by atoms with Crippen molar-refractivity contribution >= 4 is 11.6 Å². The van der Waals surface area contributed by atoms with Crippen LogP contribution in [0.15, 0.2) is 18.2 Å². The number of alkyl halides is 1. The Morgan fingerprint density at radius 1 is 1.44 bits per heavy atom. The van der Waals surface area contributed by atoms with Gasteiger partial charge in [0.1, 0.15) is 11.5 Å². The van der Waals surface area contributed by atoms with E-state index in [9.17, 15) is 8.78 Å². The molecule has 1 nitrogen and oxygen atoms in total. The summed E-state index contributed by atoms with van der Waals surface area (Å²) >= 11 is 5.55. The summed E-state index contributed by atoms with van der Waals surface area (Å²) in [5.41, 5.74) is 4.55. The molecule has 1 aromatic rings. The molecule has 1 aromatic carbocycles. The van der Waals surface area contributed by atoms with Gasteiger partial charge in [0.25, 0.3) is 0 Å². The van der Waals surface area contributed by atoms with E-state index in [1.165, 1.54) is 12.1 Å². The lowest BCUT2D eigenvalue weighted by Gasteiger charge is -2.23. The maximum Gasteiger partial charge on any atom is 0.142 e. The SMILES string of the molecule is CCCC(F)(CN)Cc1ccc(Cl)c(F)c1. The number of rotatable bonds is 5. The van der Waals surface area contributed by atoms with Crippen molar-refractivity contribution in [3.8, 4) is 0 Å². The third kappa shape index (κ3) is 3.42. The molecule has 4 heteroatoms. The minimum Gasteiger partial charge on any atom is -0.328 e. The first-order chi connectivity index (χ1) is 7.50. The molecule has 1 rings (SSSR count). The minimum absolute atomic E-state index is 0.0505. The third-order valence-corrected chi connectivity index (χ3v) is 2.88. The number of nitrogens with two attached hydrogens (primary N) is 1. The highest BCUT2D eigenvalue weighted by Crippen LogP contribution is 2.24. The van der Waals surface area contributed by atoms with Crippen LogP contribution in [0.5, 0.6) is 0 Å².